The highest BCUT2D eigenvalue weighted by molar-refractivity contribution is 6.04. The molecule has 0 spiro atoms. The summed E-state index contributed by atoms with van der Waals surface area (Å²) in [6.45, 7) is 1.93. The van der Waals surface area contributed by atoms with E-state index in [9.17, 15) is 13.6 Å². The number of amides is 1. The molecule has 0 saturated carbocycles. The average Bonchev–Trinajstić information content (AvgIpc) is 2.62. The second kappa shape index (κ2) is 7.22. The third kappa shape index (κ3) is 3.49. The molecule has 2 heterocycles. The molecule has 3 rings (SSSR count). The van der Waals surface area contributed by atoms with Gasteiger partial charge in [-0.05, 0) is 19.1 Å². The molecule has 0 unspecified atom stereocenters. The van der Waals surface area contributed by atoms with Crippen LogP contribution in [0.4, 0.5) is 14.6 Å². The molecule has 0 radical (unpaired) electrons. The standard InChI is InChI=1S/C18H14F2N4O2/c1-10-3-4-15(26-2)11(5-10)14-8-23-16(9-22-14)24-18(25)17-12(19)6-21-7-13(17)20/h3-9H,1-2H3,(H,23,24,25). The van der Waals surface area contributed by atoms with Gasteiger partial charge < -0.3 is 10.1 Å². The van der Waals surface area contributed by atoms with Crippen molar-refractivity contribution in [2.24, 2.45) is 0 Å². The smallest absolute Gasteiger partial charge is 0.262 e. The molecule has 132 valence electrons. The fourth-order valence-electron chi connectivity index (χ4n) is 2.36. The van der Waals surface area contributed by atoms with Crippen LogP contribution in [0.2, 0.25) is 0 Å². The first-order chi connectivity index (χ1) is 12.5. The van der Waals surface area contributed by atoms with E-state index >= 15 is 0 Å². The minimum Gasteiger partial charge on any atom is -0.496 e. The van der Waals surface area contributed by atoms with E-state index in [0.29, 0.717) is 11.4 Å². The quantitative estimate of drug-likeness (QED) is 0.775. The number of ether oxygens (including phenoxy) is 1. The second-order valence-corrected chi connectivity index (χ2v) is 5.42. The number of aryl methyl sites for hydroxylation is 1. The van der Waals surface area contributed by atoms with E-state index < -0.39 is 23.1 Å². The zero-order valence-corrected chi connectivity index (χ0v) is 14.0. The van der Waals surface area contributed by atoms with Gasteiger partial charge in [0.1, 0.15) is 11.3 Å². The SMILES string of the molecule is COc1ccc(C)cc1-c1cnc(NC(=O)c2c(F)cncc2F)cn1. The number of hydrogen-bond acceptors (Lipinski definition) is 5. The van der Waals surface area contributed by atoms with Crippen molar-refractivity contribution in [1.29, 1.82) is 0 Å². The first kappa shape index (κ1) is 17.4. The maximum absolute atomic E-state index is 13.6. The average molecular weight is 356 g/mol. The number of methoxy groups -OCH3 is 1. The van der Waals surface area contributed by atoms with E-state index in [1.165, 1.54) is 12.4 Å². The molecule has 0 bridgehead atoms. The van der Waals surface area contributed by atoms with Crippen LogP contribution in [0.1, 0.15) is 15.9 Å². The third-order valence-corrected chi connectivity index (χ3v) is 3.60. The molecule has 6 nitrogen and oxygen atoms in total. The van der Waals surface area contributed by atoms with Crippen LogP contribution in [0.15, 0.2) is 43.0 Å². The fourth-order valence-corrected chi connectivity index (χ4v) is 2.36. The molecule has 0 aliphatic rings. The molecule has 0 aliphatic heterocycles. The molecule has 8 heteroatoms. The summed E-state index contributed by atoms with van der Waals surface area (Å²) in [4.78, 5) is 23.7. The van der Waals surface area contributed by atoms with E-state index in [2.05, 4.69) is 20.3 Å². The Morgan fingerprint density at radius 1 is 1.08 bits per heavy atom. The lowest BCUT2D eigenvalue weighted by molar-refractivity contribution is 0.101. The van der Waals surface area contributed by atoms with Gasteiger partial charge in [0.25, 0.3) is 5.91 Å². The van der Waals surface area contributed by atoms with Crippen LogP contribution in [-0.2, 0) is 0 Å². The van der Waals surface area contributed by atoms with Crippen molar-refractivity contribution in [3.8, 4) is 17.0 Å². The molecule has 1 N–H and O–H groups in total. The van der Waals surface area contributed by atoms with Crippen molar-refractivity contribution < 1.29 is 18.3 Å². The van der Waals surface area contributed by atoms with E-state index in [0.717, 1.165) is 23.5 Å². The number of carbonyl (C=O) groups is 1. The number of hydrogen-bond donors (Lipinski definition) is 1. The predicted octanol–water partition coefficient (Wildman–Crippen LogP) is 3.39. The molecule has 0 aliphatic carbocycles. The predicted molar refractivity (Wildman–Crippen MR) is 90.9 cm³/mol. The number of anilines is 1. The molecular weight excluding hydrogens is 342 g/mol. The zero-order chi connectivity index (χ0) is 18.7. The topological polar surface area (TPSA) is 77.0 Å². The first-order valence-electron chi connectivity index (χ1n) is 7.57. The Hall–Kier alpha value is -3.42. The Bertz CT molecular complexity index is 942. The van der Waals surface area contributed by atoms with Crippen molar-refractivity contribution in [3.63, 3.8) is 0 Å². The summed E-state index contributed by atoms with van der Waals surface area (Å²) in [5, 5.41) is 2.31. The molecule has 0 saturated heterocycles. The number of halogens is 2. The lowest BCUT2D eigenvalue weighted by Gasteiger charge is -2.10. The van der Waals surface area contributed by atoms with Gasteiger partial charge in [-0.1, -0.05) is 11.6 Å². The van der Waals surface area contributed by atoms with Gasteiger partial charge in [-0.15, -0.1) is 0 Å². The van der Waals surface area contributed by atoms with Crippen molar-refractivity contribution >= 4 is 11.7 Å². The van der Waals surface area contributed by atoms with Crippen LogP contribution in [-0.4, -0.2) is 28.0 Å². The van der Waals surface area contributed by atoms with Crippen molar-refractivity contribution in [1.82, 2.24) is 15.0 Å². The summed E-state index contributed by atoms with van der Waals surface area (Å²) >= 11 is 0. The molecule has 2 aromatic heterocycles. The largest absolute Gasteiger partial charge is 0.496 e. The highest BCUT2D eigenvalue weighted by Crippen LogP contribution is 2.29. The summed E-state index contributed by atoms with van der Waals surface area (Å²) in [6, 6.07) is 5.61. The van der Waals surface area contributed by atoms with Gasteiger partial charge in [-0.3, -0.25) is 14.8 Å². The summed E-state index contributed by atoms with van der Waals surface area (Å²) in [5.41, 5.74) is 1.56. The van der Waals surface area contributed by atoms with Crippen molar-refractivity contribution in [3.05, 3.63) is 65.7 Å². The van der Waals surface area contributed by atoms with Gasteiger partial charge in [-0.25, -0.2) is 13.8 Å². The fraction of sp³-hybridized carbons (Fsp3) is 0.111. The van der Waals surface area contributed by atoms with E-state index in [-0.39, 0.29) is 5.82 Å². The van der Waals surface area contributed by atoms with Crippen molar-refractivity contribution in [2.75, 3.05) is 12.4 Å². The lowest BCUT2D eigenvalue weighted by Crippen LogP contribution is -2.17. The molecule has 1 amide bonds. The van der Waals surface area contributed by atoms with Gasteiger partial charge in [0.2, 0.25) is 0 Å². The van der Waals surface area contributed by atoms with Gasteiger partial charge in [0.15, 0.2) is 17.5 Å². The maximum atomic E-state index is 13.6. The van der Waals surface area contributed by atoms with Gasteiger partial charge >= 0.3 is 0 Å². The third-order valence-electron chi connectivity index (χ3n) is 3.60. The van der Waals surface area contributed by atoms with E-state index in [4.69, 9.17) is 4.74 Å². The number of nitrogens with zero attached hydrogens (tertiary/aromatic N) is 3. The van der Waals surface area contributed by atoms with Crippen LogP contribution in [0.5, 0.6) is 5.75 Å². The molecule has 0 atom stereocenters. The molecule has 0 fully saturated rings. The number of pyridine rings is 1. The Labute approximate surface area is 147 Å². The molecule has 3 aromatic rings. The van der Waals surface area contributed by atoms with Crippen LogP contribution in [0.3, 0.4) is 0 Å². The Balaban J connectivity index is 1.85. The monoisotopic (exact) mass is 356 g/mol. The maximum Gasteiger partial charge on any atom is 0.262 e. The van der Waals surface area contributed by atoms with Crippen LogP contribution >= 0.6 is 0 Å². The highest BCUT2D eigenvalue weighted by atomic mass is 19.1. The minimum atomic E-state index is -1.06. The first-order valence-corrected chi connectivity index (χ1v) is 7.57. The normalized spacial score (nSPS) is 10.5. The summed E-state index contributed by atoms with van der Waals surface area (Å²) in [7, 11) is 1.55. The highest BCUT2D eigenvalue weighted by Gasteiger charge is 2.18. The lowest BCUT2D eigenvalue weighted by atomic mass is 10.1. The van der Waals surface area contributed by atoms with Crippen molar-refractivity contribution in [2.45, 2.75) is 6.92 Å². The van der Waals surface area contributed by atoms with Gasteiger partial charge in [-0.2, -0.15) is 0 Å². The van der Waals surface area contributed by atoms with E-state index in [1.54, 1.807) is 7.11 Å². The summed E-state index contributed by atoms with van der Waals surface area (Å²) in [6.07, 6.45) is 4.26. The molecule has 26 heavy (non-hydrogen) atoms. The van der Waals surface area contributed by atoms with Crippen LogP contribution in [0, 0.1) is 18.6 Å². The number of aromatic nitrogens is 3. The number of rotatable bonds is 4. The summed E-state index contributed by atoms with van der Waals surface area (Å²) < 4.78 is 32.5. The summed E-state index contributed by atoms with van der Waals surface area (Å²) in [5.74, 6) is -2.41. The molecular formula is C18H14F2N4O2. The van der Waals surface area contributed by atoms with Gasteiger partial charge in [0.05, 0.1) is 37.6 Å². The van der Waals surface area contributed by atoms with E-state index in [1.807, 2.05) is 25.1 Å². The number of benzene rings is 1. The Morgan fingerprint density at radius 2 is 1.81 bits per heavy atom. The zero-order valence-electron chi connectivity index (χ0n) is 14.0. The molecule has 1 aromatic carbocycles. The number of carbonyl (C=O) groups excluding carboxylic acids is 1. The van der Waals surface area contributed by atoms with Gasteiger partial charge in [0, 0.05) is 5.56 Å². The number of nitrogens with one attached hydrogen (secondary N) is 1. The second-order valence-electron chi connectivity index (χ2n) is 5.42. The van der Waals surface area contributed by atoms with Crippen LogP contribution in [0.25, 0.3) is 11.3 Å². The minimum absolute atomic E-state index is 0.0565. The Morgan fingerprint density at radius 3 is 2.42 bits per heavy atom. The van der Waals surface area contributed by atoms with Crippen LogP contribution < -0.4 is 10.1 Å². The Kier molecular flexibility index (Phi) is 4.83.